The molecule has 17 heavy (non-hydrogen) atoms. The maximum atomic E-state index is 11.1. The van der Waals surface area contributed by atoms with Gasteiger partial charge in [-0.2, -0.15) is 0 Å². The zero-order valence-corrected chi connectivity index (χ0v) is 12.1. The Bertz CT molecular complexity index is 316. The van der Waals surface area contributed by atoms with Crippen LogP contribution >= 0.6 is 0 Å². The van der Waals surface area contributed by atoms with E-state index in [2.05, 4.69) is 24.1 Å². The summed E-state index contributed by atoms with van der Waals surface area (Å²) in [7, 11) is -2.81. The lowest BCUT2D eigenvalue weighted by molar-refractivity contribution is 0.204. The number of nitrogens with zero attached hydrogens (tertiary/aromatic N) is 1. The monoisotopic (exact) mass is 262 g/mol. The van der Waals surface area contributed by atoms with Crippen LogP contribution in [0.1, 0.15) is 33.1 Å². The van der Waals surface area contributed by atoms with Crippen LogP contribution < -0.4 is 5.32 Å². The summed E-state index contributed by atoms with van der Waals surface area (Å²) in [6.45, 7) is 7.44. The molecule has 0 aromatic heterocycles. The standard InChI is InChI=1S/C12H26N2O2S/c1-4-12-10-14(11(2)6-7-13-12)8-5-9-17(3,15)16/h11-13H,4-10H2,1-3H3. The topological polar surface area (TPSA) is 49.4 Å². The Labute approximate surface area is 106 Å². The van der Waals surface area contributed by atoms with Crippen molar-refractivity contribution in [2.45, 2.75) is 45.2 Å². The largest absolute Gasteiger partial charge is 0.313 e. The second-order valence-electron chi connectivity index (χ2n) is 5.18. The molecular weight excluding hydrogens is 236 g/mol. The van der Waals surface area contributed by atoms with Crippen molar-refractivity contribution in [1.29, 1.82) is 0 Å². The molecule has 0 aromatic rings. The van der Waals surface area contributed by atoms with E-state index in [1.165, 1.54) is 6.26 Å². The third-order valence-corrected chi connectivity index (χ3v) is 4.56. The quantitative estimate of drug-likeness (QED) is 0.799. The molecule has 5 heteroatoms. The van der Waals surface area contributed by atoms with Crippen molar-refractivity contribution >= 4 is 9.84 Å². The Balaban J connectivity index is 2.42. The van der Waals surface area contributed by atoms with Gasteiger partial charge in [-0.25, -0.2) is 8.42 Å². The molecule has 0 bridgehead atoms. The second kappa shape index (κ2) is 6.71. The van der Waals surface area contributed by atoms with E-state index in [-0.39, 0.29) is 0 Å². The van der Waals surface area contributed by atoms with Crippen LogP contribution in [0.3, 0.4) is 0 Å². The van der Waals surface area contributed by atoms with E-state index >= 15 is 0 Å². The van der Waals surface area contributed by atoms with Gasteiger partial charge in [0.05, 0.1) is 5.75 Å². The average Bonchev–Trinajstić information content (AvgIpc) is 2.39. The zero-order chi connectivity index (χ0) is 12.9. The first kappa shape index (κ1) is 14.9. The Kier molecular flexibility index (Phi) is 5.89. The molecule has 1 saturated heterocycles. The first-order valence-corrected chi connectivity index (χ1v) is 8.63. The molecule has 0 aromatic carbocycles. The molecule has 4 nitrogen and oxygen atoms in total. The lowest BCUT2D eigenvalue weighted by Crippen LogP contribution is -2.40. The second-order valence-corrected chi connectivity index (χ2v) is 7.44. The summed E-state index contributed by atoms with van der Waals surface area (Å²) in [5.74, 6) is 0.306. The molecule has 102 valence electrons. The summed E-state index contributed by atoms with van der Waals surface area (Å²) in [6, 6.07) is 1.11. The predicted molar refractivity (Wildman–Crippen MR) is 72.1 cm³/mol. The molecule has 1 fully saturated rings. The molecular formula is C12H26N2O2S. The van der Waals surface area contributed by atoms with Crippen LogP contribution in [0, 0.1) is 0 Å². The number of sulfone groups is 1. The van der Waals surface area contributed by atoms with Gasteiger partial charge in [0.25, 0.3) is 0 Å². The summed E-state index contributed by atoms with van der Waals surface area (Å²) in [4.78, 5) is 2.43. The fraction of sp³-hybridized carbons (Fsp3) is 1.00. The highest BCUT2D eigenvalue weighted by Crippen LogP contribution is 2.11. The van der Waals surface area contributed by atoms with Crippen molar-refractivity contribution in [3.63, 3.8) is 0 Å². The van der Waals surface area contributed by atoms with E-state index in [1.807, 2.05) is 0 Å². The maximum absolute atomic E-state index is 11.1. The van der Waals surface area contributed by atoms with Crippen LogP contribution in [0.2, 0.25) is 0 Å². The summed E-state index contributed by atoms with van der Waals surface area (Å²) in [5.41, 5.74) is 0. The van der Waals surface area contributed by atoms with Gasteiger partial charge in [-0.1, -0.05) is 6.92 Å². The van der Waals surface area contributed by atoms with Crippen LogP contribution in [0.4, 0.5) is 0 Å². The molecule has 0 amide bonds. The van der Waals surface area contributed by atoms with Crippen LogP contribution in [-0.4, -0.2) is 57.0 Å². The van der Waals surface area contributed by atoms with Gasteiger partial charge >= 0.3 is 0 Å². The molecule has 2 unspecified atom stereocenters. The van der Waals surface area contributed by atoms with Gasteiger partial charge < -0.3 is 5.32 Å². The van der Waals surface area contributed by atoms with E-state index in [4.69, 9.17) is 0 Å². The van der Waals surface area contributed by atoms with Crippen molar-refractivity contribution in [3.05, 3.63) is 0 Å². The minimum atomic E-state index is -2.81. The van der Waals surface area contributed by atoms with Crippen LogP contribution in [0.15, 0.2) is 0 Å². The molecule has 1 aliphatic rings. The molecule has 1 heterocycles. The molecule has 1 N–H and O–H groups in total. The molecule has 0 spiro atoms. The zero-order valence-electron chi connectivity index (χ0n) is 11.3. The molecule has 0 saturated carbocycles. The van der Waals surface area contributed by atoms with Gasteiger partial charge in [-0.3, -0.25) is 4.90 Å². The highest BCUT2D eigenvalue weighted by Gasteiger charge is 2.21. The summed E-state index contributed by atoms with van der Waals surface area (Å²) >= 11 is 0. The normalized spacial score (nSPS) is 27.9. The Morgan fingerprint density at radius 3 is 2.71 bits per heavy atom. The molecule has 0 radical (unpaired) electrons. The first-order chi connectivity index (χ1) is 7.92. The highest BCUT2D eigenvalue weighted by molar-refractivity contribution is 7.90. The molecule has 0 aliphatic carbocycles. The molecule has 1 rings (SSSR count). The van der Waals surface area contributed by atoms with Gasteiger partial charge in [0.2, 0.25) is 0 Å². The Morgan fingerprint density at radius 2 is 2.12 bits per heavy atom. The van der Waals surface area contributed by atoms with Crippen molar-refractivity contribution in [3.8, 4) is 0 Å². The fourth-order valence-electron chi connectivity index (χ4n) is 2.32. The highest BCUT2D eigenvalue weighted by atomic mass is 32.2. The smallest absolute Gasteiger partial charge is 0.147 e. The number of hydrogen-bond donors (Lipinski definition) is 1. The molecule has 1 aliphatic heterocycles. The number of rotatable bonds is 5. The fourth-order valence-corrected chi connectivity index (χ4v) is 2.97. The van der Waals surface area contributed by atoms with Gasteiger partial charge in [0.1, 0.15) is 9.84 Å². The van der Waals surface area contributed by atoms with Crippen molar-refractivity contribution in [2.24, 2.45) is 0 Å². The predicted octanol–water partition coefficient (Wildman–Crippen LogP) is 0.884. The Hall–Kier alpha value is -0.130. The van der Waals surface area contributed by atoms with Gasteiger partial charge in [0, 0.05) is 24.9 Å². The van der Waals surface area contributed by atoms with Gasteiger partial charge in [0.15, 0.2) is 0 Å². The van der Waals surface area contributed by atoms with Crippen molar-refractivity contribution < 1.29 is 8.42 Å². The van der Waals surface area contributed by atoms with E-state index in [0.717, 1.165) is 38.9 Å². The minimum Gasteiger partial charge on any atom is -0.313 e. The summed E-state index contributed by atoms with van der Waals surface area (Å²) in [5, 5.41) is 3.54. The van der Waals surface area contributed by atoms with Crippen LogP contribution in [-0.2, 0) is 9.84 Å². The SMILES string of the molecule is CCC1CN(CCCS(C)(=O)=O)C(C)CCN1. The average molecular weight is 262 g/mol. The van der Waals surface area contributed by atoms with Crippen LogP contribution in [0.5, 0.6) is 0 Å². The summed E-state index contributed by atoms with van der Waals surface area (Å²) in [6.07, 6.45) is 4.35. The van der Waals surface area contributed by atoms with E-state index in [1.54, 1.807) is 0 Å². The van der Waals surface area contributed by atoms with Gasteiger partial charge in [-0.05, 0) is 39.3 Å². The molecule has 2 atom stereocenters. The Morgan fingerprint density at radius 1 is 1.41 bits per heavy atom. The maximum Gasteiger partial charge on any atom is 0.147 e. The third-order valence-electron chi connectivity index (χ3n) is 3.53. The number of hydrogen-bond acceptors (Lipinski definition) is 4. The lowest BCUT2D eigenvalue weighted by Gasteiger charge is -2.28. The third kappa shape index (κ3) is 5.84. The van der Waals surface area contributed by atoms with Crippen molar-refractivity contribution in [2.75, 3.05) is 31.6 Å². The van der Waals surface area contributed by atoms with E-state index in [0.29, 0.717) is 17.8 Å². The van der Waals surface area contributed by atoms with E-state index in [9.17, 15) is 8.42 Å². The minimum absolute atomic E-state index is 0.306. The van der Waals surface area contributed by atoms with Gasteiger partial charge in [-0.15, -0.1) is 0 Å². The first-order valence-electron chi connectivity index (χ1n) is 6.57. The van der Waals surface area contributed by atoms with Crippen molar-refractivity contribution in [1.82, 2.24) is 10.2 Å². The van der Waals surface area contributed by atoms with E-state index < -0.39 is 9.84 Å². The summed E-state index contributed by atoms with van der Waals surface area (Å²) < 4.78 is 22.2. The lowest BCUT2D eigenvalue weighted by atomic mass is 10.2. The van der Waals surface area contributed by atoms with Crippen LogP contribution in [0.25, 0.3) is 0 Å². The number of nitrogens with one attached hydrogen (secondary N) is 1.